The smallest absolute Gasteiger partial charge is 0.261 e. The summed E-state index contributed by atoms with van der Waals surface area (Å²) >= 11 is 3.25. The Morgan fingerprint density at radius 3 is 2.47 bits per heavy atom. The van der Waals surface area contributed by atoms with Crippen LogP contribution >= 0.6 is 15.9 Å². The van der Waals surface area contributed by atoms with Crippen molar-refractivity contribution in [3.63, 3.8) is 0 Å². The van der Waals surface area contributed by atoms with Crippen LogP contribution in [0.3, 0.4) is 0 Å². The summed E-state index contributed by atoms with van der Waals surface area (Å²) in [4.78, 5) is 0. The molecule has 0 fully saturated rings. The molecule has 0 N–H and O–H groups in total. The predicted molar refractivity (Wildman–Crippen MR) is 57.1 cm³/mol. The van der Waals surface area contributed by atoms with Crippen molar-refractivity contribution in [1.82, 2.24) is 14.1 Å². The first-order valence-corrected chi connectivity index (χ1v) is 6.20. The van der Waals surface area contributed by atoms with Gasteiger partial charge in [-0.2, -0.15) is 17.8 Å². The Bertz CT molecular complexity index is 471. The summed E-state index contributed by atoms with van der Waals surface area (Å²) in [5, 5.41) is 4.07. The highest BCUT2D eigenvalue weighted by atomic mass is 79.9. The minimum atomic E-state index is -4.65. The highest BCUT2D eigenvalue weighted by molar-refractivity contribution is 9.10. The summed E-state index contributed by atoms with van der Waals surface area (Å²) in [5.41, 5.74) is 1.32. The first-order chi connectivity index (χ1) is 6.73. The van der Waals surface area contributed by atoms with Gasteiger partial charge < -0.3 is 0 Å². The summed E-state index contributed by atoms with van der Waals surface area (Å²) in [6.07, 6.45) is 0. The molecule has 0 bridgehead atoms. The van der Waals surface area contributed by atoms with Gasteiger partial charge >= 0.3 is 10.4 Å². The van der Waals surface area contributed by atoms with E-state index in [0.29, 0.717) is 20.2 Å². The molecule has 0 aliphatic rings. The molecule has 1 rings (SSSR count). The maximum atomic E-state index is 12.6. The van der Waals surface area contributed by atoms with Gasteiger partial charge in [-0.1, -0.05) is 3.89 Å². The van der Waals surface area contributed by atoms with Gasteiger partial charge in [0.2, 0.25) is 0 Å². The van der Waals surface area contributed by atoms with Gasteiger partial charge in [-0.05, 0) is 22.9 Å². The van der Waals surface area contributed by atoms with Crippen LogP contribution in [0.1, 0.15) is 11.3 Å². The van der Waals surface area contributed by atoms with Crippen LogP contribution in [-0.4, -0.2) is 29.6 Å². The SMILES string of the molecule is Cc1nn(C)c(Br)c1CN(C)S(=O)(=O)F. The maximum absolute atomic E-state index is 12.6. The van der Waals surface area contributed by atoms with E-state index < -0.39 is 10.4 Å². The third-order valence-corrected chi connectivity index (χ3v) is 3.89. The molecule has 8 heteroatoms. The van der Waals surface area contributed by atoms with E-state index in [2.05, 4.69) is 21.0 Å². The molecular formula is C7H11BrFN3O2S. The van der Waals surface area contributed by atoms with Gasteiger partial charge in [0, 0.05) is 26.2 Å². The van der Waals surface area contributed by atoms with Crippen molar-refractivity contribution >= 4 is 26.3 Å². The Morgan fingerprint density at radius 2 is 2.13 bits per heavy atom. The van der Waals surface area contributed by atoms with Crippen LogP contribution in [0.15, 0.2) is 4.60 Å². The summed E-state index contributed by atoms with van der Waals surface area (Å²) in [6.45, 7) is 1.69. The molecule has 0 saturated carbocycles. The third kappa shape index (κ3) is 2.76. The molecule has 0 unspecified atom stereocenters. The Morgan fingerprint density at radius 1 is 1.60 bits per heavy atom. The van der Waals surface area contributed by atoms with Crippen molar-refractivity contribution < 1.29 is 12.3 Å². The minimum absolute atomic E-state index is 0.0426. The van der Waals surface area contributed by atoms with Crippen LogP contribution < -0.4 is 0 Å². The highest BCUT2D eigenvalue weighted by Gasteiger charge is 2.20. The van der Waals surface area contributed by atoms with Crippen LogP contribution in [0.4, 0.5) is 3.89 Å². The van der Waals surface area contributed by atoms with Gasteiger partial charge in [-0.15, -0.1) is 0 Å². The van der Waals surface area contributed by atoms with Gasteiger partial charge in [-0.3, -0.25) is 4.68 Å². The normalized spacial score (nSPS) is 12.4. The lowest BCUT2D eigenvalue weighted by molar-refractivity contribution is 0.428. The molecule has 86 valence electrons. The molecule has 1 aromatic heterocycles. The van der Waals surface area contributed by atoms with Crippen molar-refractivity contribution in [1.29, 1.82) is 0 Å². The van der Waals surface area contributed by atoms with Crippen LogP contribution in [0.2, 0.25) is 0 Å². The van der Waals surface area contributed by atoms with Crippen molar-refractivity contribution in [2.45, 2.75) is 13.5 Å². The monoisotopic (exact) mass is 299 g/mol. The molecule has 0 spiro atoms. The molecule has 0 radical (unpaired) electrons. The molecule has 15 heavy (non-hydrogen) atoms. The van der Waals surface area contributed by atoms with E-state index in [-0.39, 0.29) is 6.54 Å². The summed E-state index contributed by atoms with van der Waals surface area (Å²) in [5.74, 6) is 0. The number of rotatable bonds is 3. The van der Waals surface area contributed by atoms with Crippen molar-refractivity contribution in [2.75, 3.05) is 7.05 Å². The summed E-state index contributed by atoms with van der Waals surface area (Å²) in [6, 6.07) is 0. The molecule has 1 heterocycles. The van der Waals surface area contributed by atoms with Gasteiger partial charge in [0.1, 0.15) is 4.60 Å². The largest absolute Gasteiger partial charge is 0.374 e. The first-order valence-electron chi connectivity index (χ1n) is 4.07. The molecule has 0 saturated heterocycles. The number of hydrogen-bond donors (Lipinski definition) is 0. The van der Waals surface area contributed by atoms with E-state index in [1.807, 2.05) is 0 Å². The predicted octanol–water partition coefficient (Wildman–Crippen LogP) is 1.14. The summed E-state index contributed by atoms with van der Waals surface area (Å²) in [7, 11) is -1.76. The van der Waals surface area contributed by atoms with E-state index in [0.717, 1.165) is 0 Å². The molecule has 0 aromatic carbocycles. The number of halogens is 2. The quantitative estimate of drug-likeness (QED) is 0.787. The van der Waals surface area contributed by atoms with Gasteiger partial charge in [-0.25, -0.2) is 0 Å². The number of aryl methyl sites for hydroxylation is 2. The fraction of sp³-hybridized carbons (Fsp3) is 0.571. The molecule has 0 aliphatic heterocycles. The Hall–Kier alpha value is -0.470. The fourth-order valence-electron chi connectivity index (χ4n) is 1.15. The number of nitrogens with zero attached hydrogens (tertiary/aromatic N) is 3. The zero-order chi connectivity index (χ0) is 11.8. The molecule has 0 aliphatic carbocycles. The Kier molecular flexibility index (Phi) is 3.51. The second-order valence-corrected chi connectivity index (χ2v) is 5.38. The molecule has 0 atom stereocenters. The zero-order valence-corrected chi connectivity index (χ0v) is 10.9. The lowest BCUT2D eigenvalue weighted by atomic mass is 10.3. The molecule has 5 nitrogen and oxygen atoms in total. The lowest BCUT2D eigenvalue weighted by Gasteiger charge is -2.10. The number of hydrogen-bond acceptors (Lipinski definition) is 3. The van der Waals surface area contributed by atoms with Gasteiger partial charge in [0.05, 0.1) is 5.69 Å². The second-order valence-electron chi connectivity index (χ2n) is 3.18. The average molecular weight is 300 g/mol. The van der Waals surface area contributed by atoms with Crippen LogP contribution in [0.25, 0.3) is 0 Å². The lowest BCUT2D eigenvalue weighted by Crippen LogP contribution is -2.22. The zero-order valence-electron chi connectivity index (χ0n) is 8.53. The molecule has 0 amide bonds. The van der Waals surface area contributed by atoms with Crippen LogP contribution in [-0.2, 0) is 24.0 Å². The standard InChI is InChI=1S/C7H11BrFN3O2S/c1-5-6(7(8)12(3)10-5)4-11(2)15(9,13)14/h4H2,1-3H3. The highest BCUT2D eigenvalue weighted by Crippen LogP contribution is 2.21. The van der Waals surface area contributed by atoms with Crippen LogP contribution in [0.5, 0.6) is 0 Å². The molecule has 1 aromatic rings. The fourth-order valence-corrected chi connectivity index (χ4v) is 1.93. The van der Waals surface area contributed by atoms with E-state index in [9.17, 15) is 12.3 Å². The van der Waals surface area contributed by atoms with E-state index in [4.69, 9.17) is 0 Å². The third-order valence-electron chi connectivity index (χ3n) is 2.02. The topological polar surface area (TPSA) is 55.2 Å². The average Bonchev–Trinajstić information content (AvgIpc) is 2.30. The van der Waals surface area contributed by atoms with Gasteiger partial charge in [0.25, 0.3) is 0 Å². The van der Waals surface area contributed by atoms with Crippen molar-refractivity contribution in [3.8, 4) is 0 Å². The minimum Gasteiger partial charge on any atom is -0.261 e. The molecular weight excluding hydrogens is 289 g/mol. The maximum Gasteiger partial charge on any atom is 0.374 e. The van der Waals surface area contributed by atoms with E-state index in [1.54, 1.807) is 18.7 Å². The Labute approximate surface area is 96.3 Å². The van der Waals surface area contributed by atoms with Crippen molar-refractivity contribution in [2.24, 2.45) is 7.05 Å². The van der Waals surface area contributed by atoms with Crippen LogP contribution in [0, 0.1) is 6.92 Å². The Balaban J connectivity index is 3.00. The summed E-state index contributed by atoms with van der Waals surface area (Å²) < 4.78 is 36.6. The van der Waals surface area contributed by atoms with E-state index >= 15 is 0 Å². The van der Waals surface area contributed by atoms with E-state index in [1.165, 1.54) is 7.05 Å². The number of aromatic nitrogens is 2. The van der Waals surface area contributed by atoms with Gasteiger partial charge in [0.15, 0.2) is 0 Å². The van der Waals surface area contributed by atoms with Crippen molar-refractivity contribution in [3.05, 3.63) is 15.9 Å². The first kappa shape index (κ1) is 12.6. The second kappa shape index (κ2) is 4.18.